The van der Waals surface area contributed by atoms with Crippen molar-refractivity contribution in [3.05, 3.63) is 12.2 Å². The predicted octanol–water partition coefficient (Wildman–Crippen LogP) is -1.13. The summed E-state index contributed by atoms with van der Waals surface area (Å²) in [5, 5.41) is 28.4. The van der Waals surface area contributed by atoms with E-state index in [9.17, 15) is 14.7 Å². The molecule has 3 fully saturated rings. The maximum atomic E-state index is 9.53. The molecule has 208 valence electrons. The number of morpholine rings is 1. The average molecular weight is 551 g/mol. The molecule has 13 nitrogen and oxygen atoms in total. The molecule has 0 bridgehead atoms. The van der Waals surface area contributed by atoms with E-state index in [2.05, 4.69) is 26.1 Å². The minimum atomic E-state index is -1.51. The molecule has 0 amide bonds. The van der Waals surface area contributed by atoms with Crippen LogP contribution in [0, 0.1) is 11.3 Å². The number of aromatic nitrogens is 3. The number of hydrogen-bond donors (Lipinski definition) is 2. The van der Waals surface area contributed by atoms with E-state index in [1.54, 1.807) is 0 Å². The van der Waals surface area contributed by atoms with Crippen LogP contribution in [0.2, 0.25) is 0 Å². The topological polar surface area (TPSA) is 175 Å². The molecule has 1 aromatic heterocycles. The Morgan fingerprint density at radius 1 is 1.05 bits per heavy atom. The van der Waals surface area contributed by atoms with Gasteiger partial charge in [-0.05, 0) is 18.9 Å². The Bertz CT molecular complexity index is 977. The number of quaternary nitrogens is 1. The second-order valence-corrected chi connectivity index (χ2v) is 9.81. The van der Waals surface area contributed by atoms with E-state index >= 15 is 0 Å². The van der Waals surface area contributed by atoms with Gasteiger partial charge in [0, 0.05) is 64.7 Å². The fraction of sp³-hybridized carbons (Fsp3) is 0.667. The number of nitrogens with two attached hydrogens (primary N) is 1. The van der Waals surface area contributed by atoms with Gasteiger partial charge in [0.1, 0.15) is 6.04 Å². The molecule has 3 aliphatic rings. The summed E-state index contributed by atoms with van der Waals surface area (Å²) >= 11 is 6.60. The molecule has 2 atom stereocenters. The fourth-order valence-electron chi connectivity index (χ4n) is 4.50. The Kier molecular flexibility index (Phi) is 11.9. The van der Waals surface area contributed by atoms with Gasteiger partial charge in [-0.25, -0.2) is 4.79 Å². The summed E-state index contributed by atoms with van der Waals surface area (Å²) < 4.78 is 5.50. The van der Waals surface area contributed by atoms with Crippen molar-refractivity contribution in [2.45, 2.75) is 43.5 Å². The van der Waals surface area contributed by atoms with Gasteiger partial charge in [0.05, 0.1) is 30.6 Å². The predicted molar refractivity (Wildman–Crippen MR) is 137 cm³/mol. The van der Waals surface area contributed by atoms with Gasteiger partial charge in [-0.2, -0.15) is 10.2 Å². The lowest BCUT2D eigenvalue weighted by Crippen LogP contribution is -2.88. The smallest absolute Gasteiger partial charge is 0.332 e. The molecule has 0 spiro atoms. The highest BCUT2D eigenvalue weighted by Gasteiger charge is 2.29. The first-order valence-electron chi connectivity index (χ1n) is 12.9. The molecule has 2 unspecified atom stereocenters. The lowest BCUT2D eigenvalue weighted by molar-refractivity contribution is -0.619. The van der Waals surface area contributed by atoms with Crippen LogP contribution in [0.3, 0.4) is 0 Å². The van der Waals surface area contributed by atoms with Crippen LogP contribution in [-0.4, -0.2) is 107 Å². The lowest BCUT2D eigenvalue weighted by Gasteiger charge is -2.35. The number of ether oxygens (including phenoxy) is 1. The van der Waals surface area contributed by atoms with Crippen LogP contribution in [0.5, 0.6) is 0 Å². The Hall–Kier alpha value is -3.05. The molecule has 3 heterocycles. The van der Waals surface area contributed by atoms with Gasteiger partial charge in [-0.3, -0.25) is 10.2 Å². The highest BCUT2D eigenvalue weighted by molar-refractivity contribution is 6.21. The SMILES string of the molecule is N#CCCN1CCN(c2nc([NH2+]C3CCCCC3Cl)nc(N3CCOCC3)n2)CC1.O=C([O-])/C=C/C(=O)O. The van der Waals surface area contributed by atoms with Crippen molar-refractivity contribution in [3.63, 3.8) is 0 Å². The minimum absolute atomic E-state index is 0.162. The lowest BCUT2D eigenvalue weighted by atomic mass is 9.95. The zero-order valence-electron chi connectivity index (χ0n) is 21.4. The summed E-state index contributed by atoms with van der Waals surface area (Å²) in [6.07, 6.45) is 6.09. The first-order chi connectivity index (χ1) is 18.4. The molecule has 1 aromatic rings. The van der Waals surface area contributed by atoms with Gasteiger partial charge >= 0.3 is 11.9 Å². The van der Waals surface area contributed by atoms with Crippen molar-refractivity contribution in [1.29, 1.82) is 5.26 Å². The van der Waals surface area contributed by atoms with Crippen LogP contribution in [0.25, 0.3) is 0 Å². The number of nitrogens with zero attached hydrogens (tertiary/aromatic N) is 7. The van der Waals surface area contributed by atoms with Crippen molar-refractivity contribution >= 4 is 41.4 Å². The van der Waals surface area contributed by atoms with Gasteiger partial charge in [-0.15, -0.1) is 21.6 Å². The van der Waals surface area contributed by atoms with E-state index in [0.717, 1.165) is 76.5 Å². The summed E-state index contributed by atoms with van der Waals surface area (Å²) in [4.78, 5) is 40.2. The summed E-state index contributed by atoms with van der Waals surface area (Å²) in [5.41, 5.74) is 0. The number of anilines is 2. The van der Waals surface area contributed by atoms with Crippen LogP contribution in [0.4, 0.5) is 17.8 Å². The van der Waals surface area contributed by atoms with Crippen molar-refractivity contribution in [1.82, 2.24) is 19.9 Å². The van der Waals surface area contributed by atoms with Gasteiger partial charge in [-0.1, -0.05) is 6.42 Å². The van der Waals surface area contributed by atoms with Gasteiger partial charge in [0.2, 0.25) is 11.9 Å². The fourth-order valence-corrected chi connectivity index (χ4v) is 4.86. The van der Waals surface area contributed by atoms with Crippen molar-refractivity contribution in [3.8, 4) is 6.07 Å². The van der Waals surface area contributed by atoms with E-state index in [0.29, 0.717) is 37.8 Å². The standard InChI is InChI=1S/C20H31ClN8O.C4H4O4/c21-16-4-1-2-5-17(16)23-18-24-19(26-20(25-18)29-12-14-30-15-13-29)28-10-8-27(9-11-28)7-3-6-22;5-3(6)1-2-4(7)8/h16-17H,1-5,7-15H2,(H,23,24,25,26);1-2H,(H,5,6)(H,7,8)/b;2-1+. The number of alkyl halides is 1. The monoisotopic (exact) mass is 550 g/mol. The molecule has 1 aliphatic carbocycles. The number of rotatable bonds is 8. The van der Waals surface area contributed by atoms with Crippen molar-refractivity contribution in [2.75, 3.05) is 68.8 Å². The molecular weight excluding hydrogens is 516 g/mol. The quantitative estimate of drug-likeness (QED) is 0.294. The van der Waals surface area contributed by atoms with Crippen LogP contribution < -0.4 is 20.2 Å². The molecule has 2 saturated heterocycles. The molecule has 14 heteroatoms. The molecule has 3 N–H and O–H groups in total. The first kappa shape index (κ1) is 29.5. The maximum Gasteiger partial charge on any atom is 0.332 e. The van der Waals surface area contributed by atoms with E-state index in [-0.39, 0.29) is 5.38 Å². The van der Waals surface area contributed by atoms with Gasteiger partial charge in [0.25, 0.3) is 0 Å². The number of hydrogen-bond acceptors (Lipinski definition) is 11. The summed E-state index contributed by atoms with van der Waals surface area (Å²) in [6, 6.07) is 2.55. The average Bonchev–Trinajstić information content (AvgIpc) is 2.93. The molecule has 0 aromatic carbocycles. The highest BCUT2D eigenvalue weighted by atomic mass is 35.5. The van der Waals surface area contributed by atoms with E-state index in [4.69, 9.17) is 41.7 Å². The second kappa shape index (κ2) is 15.4. The van der Waals surface area contributed by atoms with Crippen LogP contribution in [0.15, 0.2) is 12.2 Å². The number of nitriles is 1. The Balaban J connectivity index is 0.000000436. The number of carbonyl (C=O) groups is 2. The molecule has 0 radical (unpaired) electrons. The highest BCUT2D eigenvalue weighted by Crippen LogP contribution is 2.22. The van der Waals surface area contributed by atoms with Crippen LogP contribution in [0.1, 0.15) is 32.1 Å². The van der Waals surface area contributed by atoms with E-state index < -0.39 is 11.9 Å². The van der Waals surface area contributed by atoms with Crippen LogP contribution >= 0.6 is 11.6 Å². The largest absolute Gasteiger partial charge is 0.545 e. The summed E-state index contributed by atoms with van der Waals surface area (Å²) in [6.45, 7) is 7.39. The number of carboxylic acids is 2. The Morgan fingerprint density at radius 2 is 1.68 bits per heavy atom. The normalized spacial score (nSPS) is 22.4. The third-order valence-electron chi connectivity index (χ3n) is 6.58. The summed E-state index contributed by atoms with van der Waals surface area (Å²) in [7, 11) is 0. The maximum absolute atomic E-state index is 9.53. The molecule has 1 saturated carbocycles. The molecule has 4 rings (SSSR count). The molecule has 38 heavy (non-hydrogen) atoms. The zero-order chi connectivity index (χ0) is 27.3. The number of halogens is 1. The van der Waals surface area contributed by atoms with Gasteiger partial charge < -0.3 is 29.5 Å². The van der Waals surface area contributed by atoms with E-state index in [1.807, 2.05) is 0 Å². The Labute approximate surface area is 227 Å². The Morgan fingerprint density at radius 3 is 2.24 bits per heavy atom. The van der Waals surface area contributed by atoms with E-state index in [1.165, 1.54) is 12.8 Å². The van der Waals surface area contributed by atoms with Crippen molar-refractivity contribution < 1.29 is 29.9 Å². The molecule has 2 aliphatic heterocycles. The number of piperazine rings is 1. The third-order valence-corrected chi connectivity index (χ3v) is 7.12. The number of carbonyl (C=O) groups excluding carboxylic acids is 1. The number of carboxylic acid groups (broad SMARTS) is 2. The number of aliphatic carboxylic acids is 2. The summed E-state index contributed by atoms with van der Waals surface area (Å²) in [5.74, 6) is -0.574. The molecular formula is C24H35ClN8O5. The second-order valence-electron chi connectivity index (χ2n) is 9.25. The zero-order valence-corrected chi connectivity index (χ0v) is 22.1. The minimum Gasteiger partial charge on any atom is -0.545 e. The van der Waals surface area contributed by atoms with Crippen LogP contribution in [-0.2, 0) is 14.3 Å². The van der Waals surface area contributed by atoms with Crippen molar-refractivity contribution in [2.24, 2.45) is 0 Å². The first-order valence-corrected chi connectivity index (χ1v) is 13.3. The van der Waals surface area contributed by atoms with Gasteiger partial charge in [0.15, 0.2) is 0 Å². The third kappa shape index (κ3) is 9.68.